The van der Waals surface area contributed by atoms with Crippen LogP contribution in [0.15, 0.2) is 24.3 Å². The van der Waals surface area contributed by atoms with Gasteiger partial charge in [0, 0.05) is 31.1 Å². The number of benzene rings is 1. The molecule has 3 aliphatic rings. The molecule has 1 saturated heterocycles. The summed E-state index contributed by atoms with van der Waals surface area (Å²) in [5.41, 5.74) is 0.182. The second kappa shape index (κ2) is 9.64. The Hall–Kier alpha value is -3.10. The van der Waals surface area contributed by atoms with Crippen LogP contribution in [-0.4, -0.2) is 66.7 Å². The molecule has 3 atom stereocenters. The lowest BCUT2D eigenvalue weighted by Gasteiger charge is -2.46. The topological polar surface area (TPSA) is 105 Å². The molecule has 4 rings (SSSR count). The molecule has 184 valence electrons. The Balaban J connectivity index is 1.74. The molecule has 3 amide bonds. The van der Waals surface area contributed by atoms with E-state index in [1.807, 2.05) is 24.3 Å². The number of esters is 2. The van der Waals surface area contributed by atoms with Crippen molar-refractivity contribution in [1.29, 1.82) is 0 Å². The number of nitrogens with one attached hydrogen (secondary N) is 1. The number of hydrogen-bond acceptors (Lipinski definition) is 6. The van der Waals surface area contributed by atoms with Gasteiger partial charge in [0.25, 0.3) is 5.91 Å². The van der Waals surface area contributed by atoms with Gasteiger partial charge in [-0.1, -0.05) is 31.0 Å². The van der Waals surface area contributed by atoms with E-state index in [1.54, 1.807) is 18.7 Å². The maximum absolute atomic E-state index is 14.1. The van der Waals surface area contributed by atoms with Gasteiger partial charge in [-0.2, -0.15) is 0 Å². The summed E-state index contributed by atoms with van der Waals surface area (Å²) in [6.45, 7) is 5.30. The third-order valence-electron chi connectivity index (χ3n) is 7.33. The number of carbonyl (C=O) groups excluding carboxylic acids is 4. The molecule has 0 aromatic heterocycles. The Morgan fingerprint density at radius 3 is 2.53 bits per heavy atom. The van der Waals surface area contributed by atoms with Crippen molar-refractivity contribution in [2.24, 2.45) is 5.92 Å². The predicted molar refractivity (Wildman–Crippen MR) is 124 cm³/mol. The van der Waals surface area contributed by atoms with E-state index in [-0.39, 0.29) is 44.3 Å². The van der Waals surface area contributed by atoms with Gasteiger partial charge in [0.2, 0.25) is 0 Å². The van der Waals surface area contributed by atoms with Crippen molar-refractivity contribution in [3.63, 3.8) is 0 Å². The zero-order chi connectivity index (χ0) is 24.5. The highest BCUT2D eigenvalue weighted by Gasteiger charge is 2.64. The van der Waals surface area contributed by atoms with Crippen LogP contribution in [0.2, 0.25) is 0 Å². The zero-order valence-electron chi connectivity index (χ0n) is 20.0. The number of carbonyl (C=O) groups is 4. The molecular weight excluding hydrogens is 438 g/mol. The molecule has 0 spiro atoms. The number of nitrogens with zero attached hydrogens (tertiary/aromatic N) is 2. The van der Waals surface area contributed by atoms with Gasteiger partial charge in [-0.15, -0.1) is 0 Å². The monoisotopic (exact) mass is 471 g/mol. The third-order valence-corrected chi connectivity index (χ3v) is 7.33. The lowest BCUT2D eigenvalue weighted by atomic mass is 9.72. The van der Waals surface area contributed by atoms with E-state index in [0.717, 1.165) is 31.2 Å². The first-order valence-corrected chi connectivity index (χ1v) is 12.1. The van der Waals surface area contributed by atoms with Crippen LogP contribution in [0, 0.1) is 5.92 Å². The summed E-state index contributed by atoms with van der Waals surface area (Å²) >= 11 is 0. The highest BCUT2D eigenvalue weighted by atomic mass is 16.5. The van der Waals surface area contributed by atoms with E-state index < -0.39 is 29.3 Å². The number of ether oxygens (including phenoxy) is 2. The summed E-state index contributed by atoms with van der Waals surface area (Å²) in [6, 6.07) is 7.15. The average Bonchev–Trinajstić information content (AvgIpc) is 3.42. The maximum atomic E-state index is 14.1. The molecule has 1 saturated carbocycles. The smallest absolute Gasteiger partial charge is 0.318 e. The van der Waals surface area contributed by atoms with Crippen LogP contribution >= 0.6 is 0 Å². The summed E-state index contributed by atoms with van der Waals surface area (Å²) in [5, 5.41) is 3.08. The minimum atomic E-state index is -1.29. The number of hydrogen-bond donors (Lipinski definition) is 1. The van der Waals surface area contributed by atoms with E-state index in [1.165, 1.54) is 11.8 Å². The van der Waals surface area contributed by atoms with Crippen LogP contribution in [0.1, 0.15) is 57.9 Å². The van der Waals surface area contributed by atoms with Gasteiger partial charge in [0.1, 0.15) is 12.1 Å². The molecule has 2 heterocycles. The van der Waals surface area contributed by atoms with Crippen LogP contribution in [0.25, 0.3) is 0 Å². The van der Waals surface area contributed by atoms with Gasteiger partial charge in [0.15, 0.2) is 0 Å². The van der Waals surface area contributed by atoms with E-state index in [2.05, 4.69) is 5.32 Å². The first kappa shape index (κ1) is 24.0. The molecule has 1 aromatic carbocycles. The average molecular weight is 472 g/mol. The molecule has 9 nitrogen and oxygen atoms in total. The number of fused-ring (bicyclic) bond motifs is 3. The van der Waals surface area contributed by atoms with Crippen molar-refractivity contribution in [2.75, 3.05) is 31.2 Å². The zero-order valence-corrected chi connectivity index (χ0v) is 20.0. The van der Waals surface area contributed by atoms with Gasteiger partial charge in [0.05, 0.1) is 19.1 Å². The molecule has 1 aliphatic carbocycles. The van der Waals surface area contributed by atoms with Gasteiger partial charge in [-0.25, -0.2) is 4.79 Å². The van der Waals surface area contributed by atoms with Crippen molar-refractivity contribution in [3.8, 4) is 0 Å². The largest absolute Gasteiger partial charge is 0.466 e. The molecule has 2 aliphatic heterocycles. The summed E-state index contributed by atoms with van der Waals surface area (Å²) < 4.78 is 10.5. The van der Waals surface area contributed by atoms with E-state index in [0.29, 0.717) is 5.69 Å². The number of likely N-dealkylation sites (tertiary alicyclic amines) is 1. The van der Waals surface area contributed by atoms with Crippen molar-refractivity contribution in [3.05, 3.63) is 29.8 Å². The van der Waals surface area contributed by atoms with E-state index in [9.17, 15) is 19.2 Å². The number of para-hydroxylation sites is 1. The van der Waals surface area contributed by atoms with Crippen LogP contribution in [-0.2, 0) is 23.9 Å². The maximum Gasteiger partial charge on any atom is 0.318 e. The van der Waals surface area contributed by atoms with Crippen LogP contribution in [0.4, 0.5) is 10.5 Å². The third kappa shape index (κ3) is 4.12. The Labute approximate surface area is 199 Å². The minimum absolute atomic E-state index is 0.0335. The van der Waals surface area contributed by atoms with Gasteiger partial charge in [-0.05, 0) is 38.3 Å². The molecule has 1 aromatic rings. The second-order valence-corrected chi connectivity index (χ2v) is 9.38. The Bertz CT molecular complexity index is 975. The fourth-order valence-corrected chi connectivity index (χ4v) is 5.78. The Morgan fingerprint density at radius 2 is 1.85 bits per heavy atom. The number of anilines is 1. The number of amides is 3. The first-order chi connectivity index (χ1) is 16.3. The quantitative estimate of drug-likeness (QED) is 0.640. The number of rotatable bonds is 6. The van der Waals surface area contributed by atoms with Crippen LogP contribution in [0.3, 0.4) is 0 Å². The molecule has 0 radical (unpaired) electrons. The highest BCUT2D eigenvalue weighted by molar-refractivity contribution is 6.07. The first-order valence-electron chi connectivity index (χ1n) is 12.1. The molecular formula is C25H33N3O6. The summed E-state index contributed by atoms with van der Waals surface area (Å²) in [4.78, 5) is 55.0. The van der Waals surface area contributed by atoms with Crippen molar-refractivity contribution >= 4 is 29.6 Å². The predicted octanol–water partition coefficient (Wildman–Crippen LogP) is 2.59. The highest BCUT2D eigenvalue weighted by Crippen LogP contribution is 2.53. The molecule has 9 heteroatoms. The lowest BCUT2D eigenvalue weighted by Crippen LogP contribution is -2.63. The minimum Gasteiger partial charge on any atom is -0.466 e. The van der Waals surface area contributed by atoms with Crippen molar-refractivity contribution < 1.29 is 28.7 Å². The fraction of sp³-hybridized carbons (Fsp3) is 0.600. The van der Waals surface area contributed by atoms with Crippen molar-refractivity contribution in [2.45, 2.75) is 64.0 Å². The molecule has 2 fully saturated rings. The summed E-state index contributed by atoms with van der Waals surface area (Å²) in [6.07, 6.45) is 3.94. The number of urea groups is 1. The van der Waals surface area contributed by atoms with Crippen molar-refractivity contribution in [1.82, 2.24) is 10.2 Å². The van der Waals surface area contributed by atoms with Gasteiger partial charge in [-0.3, -0.25) is 14.4 Å². The van der Waals surface area contributed by atoms with Crippen LogP contribution < -0.4 is 10.2 Å². The molecule has 0 unspecified atom stereocenters. The normalized spacial score (nSPS) is 26.1. The Kier molecular flexibility index (Phi) is 6.81. The Morgan fingerprint density at radius 1 is 1.15 bits per heavy atom. The summed E-state index contributed by atoms with van der Waals surface area (Å²) in [7, 11) is 0. The fourth-order valence-electron chi connectivity index (χ4n) is 5.78. The van der Waals surface area contributed by atoms with Crippen LogP contribution in [0.5, 0.6) is 0 Å². The molecule has 1 N–H and O–H groups in total. The van der Waals surface area contributed by atoms with E-state index >= 15 is 0 Å². The lowest BCUT2D eigenvalue weighted by molar-refractivity contribution is -0.148. The standard InChI is InChI=1S/C25H33N3O6/c1-4-33-22(30)19-15-28(24(32)26-17-9-5-6-10-17)25(3)21(19)18-11-7-8-12-20(18)27(23(25)31)13-14-34-16(2)29/h7-8,11-12,17,19,21H,4-6,9-10,13-15H2,1-3H3,(H,26,32)/t19-,21+,25-/m0/s1. The van der Waals surface area contributed by atoms with Gasteiger partial charge < -0.3 is 24.6 Å². The second-order valence-electron chi connectivity index (χ2n) is 9.38. The molecule has 34 heavy (non-hydrogen) atoms. The molecule has 0 bridgehead atoms. The van der Waals surface area contributed by atoms with Gasteiger partial charge >= 0.3 is 18.0 Å². The summed E-state index contributed by atoms with van der Waals surface area (Å²) in [5.74, 6) is -2.35. The van der Waals surface area contributed by atoms with E-state index in [4.69, 9.17) is 9.47 Å². The SMILES string of the molecule is CCOC(=O)[C@H]1CN(C(=O)NC2CCCC2)[C@]2(C)C(=O)N(CCOC(C)=O)c3ccccc3[C@H]12.